The van der Waals surface area contributed by atoms with Gasteiger partial charge in [-0.1, -0.05) is 26.8 Å². The molecule has 2 N–H and O–H groups in total. The second-order valence-electron chi connectivity index (χ2n) is 6.74. The first-order chi connectivity index (χ1) is 9.41. The molecule has 110 valence electrons. The van der Waals surface area contributed by atoms with Crippen molar-refractivity contribution >= 4 is 11.6 Å². The topological polar surface area (TPSA) is 41.1 Å². The van der Waals surface area contributed by atoms with Crippen molar-refractivity contribution < 1.29 is 4.79 Å². The Morgan fingerprint density at radius 1 is 1.35 bits per heavy atom. The van der Waals surface area contributed by atoms with Crippen LogP contribution in [-0.4, -0.2) is 18.5 Å². The van der Waals surface area contributed by atoms with E-state index < -0.39 is 0 Å². The maximum absolute atomic E-state index is 11.9. The molecule has 0 bridgehead atoms. The van der Waals surface area contributed by atoms with Crippen molar-refractivity contribution in [1.82, 2.24) is 5.32 Å². The van der Waals surface area contributed by atoms with Crippen molar-refractivity contribution in [3.8, 4) is 0 Å². The number of benzene rings is 1. The number of amides is 1. The highest BCUT2D eigenvalue weighted by Crippen LogP contribution is 2.42. The molecule has 1 amide bonds. The van der Waals surface area contributed by atoms with E-state index >= 15 is 0 Å². The van der Waals surface area contributed by atoms with E-state index in [0.29, 0.717) is 23.9 Å². The standard InChI is InChI=1S/C17H26N2O/c1-5-18-16(20)13-7-6-8-14(9-13)19-15-11-17(3,4)10-12(15)2/h6-9,12,15,19H,5,10-11H2,1-4H3,(H,18,20). The van der Waals surface area contributed by atoms with Gasteiger partial charge in [-0.25, -0.2) is 0 Å². The molecule has 1 aromatic carbocycles. The van der Waals surface area contributed by atoms with Crippen LogP contribution < -0.4 is 10.6 Å². The summed E-state index contributed by atoms with van der Waals surface area (Å²) in [6, 6.07) is 8.29. The fraction of sp³-hybridized carbons (Fsp3) is 0.588. The van der Waals surface area contributed by atoms with Crippen LogP contribution in [0.4, 0.5) is 5.69 Å². The number of hydrogen-bond acceptors (Lipinski definition) is 2. The van der Waals surface area contributed by atoms with Gasteiger partial charge in [-0.3, -0.25) is 4.79 Å². The van der Waals surface area contributed by atoms with Crippen LogP contribution in [0.25, 0.3) is 0 Å². The highest BCUT2D eigenvalue weighted by Gasteiger charge is 2.36. The van der Waals surface area contributed by atoms with E-state index in [2.05, 4.69) is 31.4 Å². The van der Waals surface area contributed by atoms with Crippen molar-refractivity contribution in [1.29, 1.82) is 0 Å². The van der Waals surface area contributed by atoms with E-state index in [1.807, 2.05) is 31.2 Å². The molecule has 2 rings (SSSR count). The summed E-state index contributed by atoms with van der Waals surface area (Å²) in [5.41, 5.74) is 2.18. The summed E-state index contributed by atoms with van der Waals surface area (Å²) < 4.78 is 0. The van der Waals surface area contributed by atoms with E-state index in [4.69, 9.17) is 0 Å². The molecule has 3 heteroatoms. The van der Waals surface area contributed by atoms with E-state index in [-0.39, 0.29) is 5.91 Å². The molecular weight excluding hydrogens is 248 g/mol. The van der Waals surface area contributed by atoms with Gasteiger partial charge in [0.15, 0.2) is 0 Å². The predicted octanol–water partition coefficient (Wildman–Crippen LogP) is 3.67. The fourth-order valence-electron chi connectivity index (χ4n) is 3.31. The van der Waals surface area contributed by atoms with E-state index in [9.17, 15) is 4.79 Å². The first-order valence-corrected chi connectivity index (χ1v) is 7.56. The zero-order valence-corrected chi connectivity index (χ0v) is 13.0. The molecule has 1 aliphatic rings. The highest BCUT2D eigenvalue weighted by molar-refractivity contribution is 5.95. The smallest absolute Gasteiger partial charge is 0.251 e. The Bertz CT molecular complexity index is 482. The molecule has 0 aliphatic heterocycles. The van der Waals surface area contributed by atoms with Crippen molar-refractivity contribution in [3.05, 3.63) is 29.8 Å². The Morgan fingerprint density at radius 2 is 2.10 bits per heavy atom. The summed E-state index contributed by atoms with van der Waals surface area (Å²) in [7, 11) is 0. The lowest BCUT2D eigenvalue weighted by atomic mass is 9.91. The number of hydrogen-bond donors (Lipinski definition) is 2. The molecule has 1 aromatic rings. The lowest BCUT2D eigenvalue weighted by Gasteiger charge is -2.20. The molecule has 0 radical (unpaired) electrons. The van der Waals surface area contributed by atoms with Gasteiger partial charge in [0.25, 0.3) is 5.91 Å². The largest absolute Gasteiger partial charge is 0.382 e. The SMILES string of the molecule is CCNC(=O)c1cccc(NC2CC(C)(C)CC2C)c1. The summed E-state index contributed by atoms with van der Waals surface area (Å²) in [6.07, 6.45) is 2.43. The van der Waals surface area contributed by atoms with Gasteiger partial charge in [0.2, 0.25) is 0 Å². The van der Waals surface area contributed by atoms with Crippen LogP contribution in [0.1, 0.15) is 50.9 Å². The molecule has 20 heavy (non-hydrogen) atoms. The summed E-state index contributed by atoms with van der Waals surface area (Å²) in [4.78, 5) is 11.9. The Morgan fingerprint density at radius 3 is 2.70 bits per heavy atom. The van der Waals surface area contributed by atoms with E-state index in [1.165, 1.54) is 12.8 Å². The van der Waals surface area contributed by atoms with E-state index in [1.54, 1.807) is 0 Å². The second kappa shape index (κ2) is 5.86. The number of rotatable bonds is 4. The summed E-state index contributed by atoms with van der Waals surface area (Å²) in [5, 5.41) is 6.44. The number of nitrogens with one attached hydrogen (secondary N) is 2. The van der Waals surface area contributed by atoms with Crippen molar-refractivity contribution in [3.63, 3.8) is 0 Å². The van der Waals surface area contributed by atoms with Crippen molar-refractivity contribution in [2.75, 3.05) is 11.9 Å². The Labute approximate surface area is 122 Å². The van der Waals surface area contributed by atoms with Gasteiger partial charge in [0.1, 0.15) is 0 Å². The van der Waals surface area contributed by atoms with Gasteiger partial charge in [-0.2, -0.15) is 0 Å². The molecule has 1 saturated carbocycles. The Hall–Kier alpha value is -1.51. The van der Waals surface area contributed by atoms with Gasteiger partial charge in [0.05, 0.1) is 0 Å². The first-order valence-electron chi connectivity index (χ1n) is 7.56. The summed E-state index contributed by atoms with van der Waals surface area (Å²) in [6.45, 7) is 9.55. The third kappa shape index (κ3) is 3.53. The summed E-state index contributed by atoms with van der Waals surface area (Å²) >= 11 is 0. The molecule has 1 fully saturated rings. The monoisotopic (exact) mass is 274 g/mol. The van der Waals surface area contributed by atoms with Crippen LogP contribution in [0.3, 0.4) is 0 Å². The quantitative estimate of drug-likeness (QED) is 0.879. The molecule has 2 unspecified atom stereocenters. The van der Waals surface area contributed by atoms with Gasteiger partial charge < -0.3 is 10.6 Å². The minimum Gasteiger partial charge on any atom is -0.382 e. The molecule has 0 saturated heterocycles. The van der Waals surface area contributed by atoms with Crippen LogP contribution >= 0.6 is 0 Å². The average molecular weight is 274 g/mol. The minimum atomic E-state index is -0.00375. The molecule has 3 nitrogen and oxygen atoms in total. The van der Waals surface area contributed by atoms with Crippen LogP contribution in [0, 0.1) is 11.3 Å². The fourth-order valence-corrected chi connectivity index (χ4v) is 3.31. The lowest BCUT2D eigenvalue weighted by molar-refractivity contribution is 0.0956. The van der Waals surface area contributed by atoms with Crippen molar-refractivity contribution in [2.24, 2.45) is 11.3 Å². The number of carbonyl (C=O) groups is 1. The molecule has 1 aliphatic carbocycles. The molecule has 0 spiro atoms. The van der Waals surface area contributed by atoms with Gasteiger partial charge in [0, 0.05) is 23.8 Å². The lowest BCUT2D eigenvalue weighted by Crippen LogP contribution is -2.24. The van der Waals surface area contributed by atoms with Crippen LogP contribution in [-0.2, 0) is 0 Å². The third-order valence-electron chi connectivity index (χ3n) is 4.15. The number of carbonyl (C=O) groups excluding carboxylic acids is 1. The molecular formula is C17H26N2O. The molecule has 0 aromatic heterocycles. The van der Waals surface area contributed by atoms with Crippen LogP contribution in [0.15, 0.2) is 24.3 Å². The summed E-state index contributed by atoms with van der Waals surface area (Å²) in [5.74, 6) is 0.661. The Balaban J connectivity index is 2.07. The van der Waals surface area contributed by atoms with E-state index in [0.717, 1.165) is 11.3 Å². The van der Waals surface area contributed by atoms with Gasteiger partial charge >= 0.3 is 0 Å². The normalized spacial score (nSPS) is 24.4. The average Bonchev–Trinajstić information content (AvgIpc) is 2.63. The Kier molecular flexibility index (Phi) is 4.36. The maximum atomic E-state index is 11.9. The third-order valence-corrected chi connectivity index (χ3v) is 4.15. The predicted molar refractivity (Wildman–Crippen MR) is 84.0 cm³/mol. The maximum Gasteiger partial charge on any atom is 0.251 e. The zero-order valence-electron chi connectivity index (χ0n) is 13.0. The molecule has 0 heterocycles. The molecule has 2 atom stereocenters. The zero-order chi connectivity index (χ0) is 14.8. The van der Waals surface area contributed by atoms with Crippen LogP contribution in [0.5, 0.6) is 0 Å². The number of anilines is 1. The van der Waals surface area contributed by atoms with Gasteiger partial charge in [-0.15, -0.1) is 0 Å². The van der Waals surface area contributed by atoms with Crippen molar-refractivity contribution in [2.45, 2.75) is 46.6 Å². The second-order valence-corrected chi connectivity index (χ2v) is 6.74. The van der Waals surface area contributed by atoms with Gasteiger partial charge in [-0.05, 0) is 49.3 Å². The first kappa shape index (κ1) is 14.9. The van der Waals surface area contributed by atoms with Crippen LogP contribution in [0.2, 0.25) is 0 Å². The highest BCUT2D eigenvalue weighted by atomic mass is 16.1. The minimum absolute atomic E-state index is 0.00375.